The summed E-state index contributed by atoms with van der Waals surface area (Å²) < 4.78 is 0. The van der Waals surface area contributed by atoms with Gasteiger partial charge in [0.1, 0.15) is 0 Å². The number of nitrogens with zero attached hydrogens (tertiary/aromatic N) is 1. The van der Waals surface area contributed by atoms with E-state index in [-0.39, 0.29) is 5.41 Å². The summed E-state index contributed by atoms with van der Waals surface area (Å²) in [5, 5.41) is 8.60. The van der Waals surface area contributed by atoms with E-state index in [1.807, 2.05) is 0 Å². The van der Waals surface area contributed by atoms with E-state index < -0.39 is 0 Å². The van der Waals surface area contributed by atoms with Crippen LogP contribution >= 0.6 is 0 Å². The third-order valence-electron chi connectivity index (χ3n) is 2.37. The highest BCUT2D eigenvalue weighted by molar-refractivity contribution is 5.26. The van der Waals surface area contributed by atoms with Crippen molar-refractivity contribution in [2.75, 3.05) is 0 Å². The molecule has 41 valence electrons. The van der Waals surface area contributed by atoms with Crippen LogP contribution in [0.25, 0.3) is 0 Å². The van der Waals surface area contributed by atoms with Crippen molar-refractivity contribution in [2.45, 2.75) is 25.7 Å². The first kappa shape index (κ1) is 4.38. The van der Waals surface area contributed by atoms with Crippen LogP contribution < -0.4 is 0 Å². The molecule has 1 heteroatoms. The van der Waals surface area contributed by atoms with E-state index in [2.05, 4.69) is 6.07 Å². The van der Waals surface area contributed by atoms with Gasteiger partial charge in [0.15, 0.2) is 0 Å². The molecule has 0 spiro atoms. The van der Waals surface area contributed by atoms with Crippen molar-refractivity contribution in [1.29, 1.82) is 5.26 Å². The normalized spacial score (nSPS) is 31.4. The molecule has 8 heavy (non-hydrogen) atoms. The highest BCUT2D eigenvalue weighted by atomic mass is 14.5. The molecular formula is C7H8N. The number of hydrogen-bond donors (Lipinski definition) is 0. The minimum atomic E-state index is 0.148. The predicted molar refractivity (Wildman–Crippen MR) is 29.8 cm³/mol. The van der Waals surface area contributed by atoms with Crippen molar-refractivity contribution in [1.82, 2.24) is 0 Å². The topological polar surface area (TPSA) is 23.8 Å². The molecule has 2 bridgehead atoms. The fraction of sp³-hybridized carbons (Fsp3) is 0.714. The van der Waals surface area contributed by atoms with Crippen LogP contribution in [0, 0.1) is 22.7 Å². The lowest BCUT2D eigenvalue weighted by Gasteiger charge is -2.30. The molecule has 1 radical (unpaired) electrons. The fourth-order valence-electron chi connectivity index (χ4n) is 1.81. The molecule has 0 atom stereocenters. The minimum absolute atomic E-state index is 0.148. The van der Waals surface area contributed by atoms with Crippen LogP contribution in [-0.4, -0.2) is 0 Å². The number of hydrogen-bond acceptors (Lipinski definition) is 1. The Morgan fingerprint density at radius 2 is 2.25 bits per heavy atom. The molecule has 0 unspecified atom stereocenters. The van der Waals surface area contributed by atoms with Gasteiger partial charge < -0.3 is 0 Å². The van der Waals surface area contributed by atoms with Crippen molar-refractivity contribution in [2.24, 2.45) is 5.41 Å². The molecule has 0 aliphatic heterocycles. The van der Waals surface area contributed by atoms with E-state index in [1.165, 1.54) is 6.42 Å². The first-order chi connectivity index (χ1) is 3.85. The third-order valence-corrected chi connectivity index (χ3v) is 2.37. The number of rotatable bonds is 0. The van der Waals surface area contributed by atoms with Crippen molar-refractivity contribution in [3.05, 3.63) is 5.92 Å². The molecule has 0 amide bonds. The van der Waals surface area contributed by atoms with E-state index in [0.29, 0.717) is 0 Å². The van der Waals surface area contributed by atoms with Gasteiger partial charge in [0.25, 0.3) is 0 Å². The lowest BCUT2D eigenvalue weighted by molar-refractivity contribution is 0.330. The summed E-state index contributed by atoms with van der Waals surface area (Å²) >= 11 is 0. The average molecular weight is 106 g/mol. The van der Waals surface area contributed by atoms with Crippen molar-refractivity contribution < 1.29 is 0 Å². The van der Waals surface area contributed by atoms with E-state index in [9.17, 15) is 0 Å². The summed E-state index contributed by atoms with van der Waals surface area (Å²) in [5.41, 5.74) is 0.148. The van der Waals surface area contributed by atoms with Gasteiger partial charge in [0, 0.05) is 0 Å². The van der Waals surface area contributed by atoms with Crippen molar-refractivity contribution in [3.63, 3.8) is 0 Å². The smallest absolute Gasteiger partial charge is 0.0690 e. The number of fused-ring (bicyclic) bond motifs is 1. The molecule has 0 saturated heterocycles. The molecule has 0 aromatic heterocycles. The van der Waals surface area contributed by atoms with Gasteiger partial charge >= 0.3 is 0 Å². The Labute approximate surface area is 49.3 Å². The molecule has 0 N–H and O–H groups in total. The zero-order valence-corrected chi connectivity index (χ0v) is 4.78. The molecule has 0 aromatic carbocycles. The van der Waals surface area contributed by atoms with Gasteiger partial charge in [0.2, 0.25) is 0 Å². The van der Waals surface area contributed by atoms with Gasteiger partial charge in [-0.2, -0.15) is 5.26 Å². The largest absolute Gasteiger partial charge is 0.198 e. The second-order valence-electron chi connectivity index (χ2n) is 3.00. The molecule has 3 rings (SSSR count). The summed E-state index contributed by atoms with van der Waals surface area (Å²) in [6.45, 7) is 0. The van der Waals surface area contributed by atoms with E-state index in [0.717, 1.165) is 19.3 Å². The second kappa shape index (κ2) is 1.07. The van der Waals surface area contributed by atoms with Gasteiger partial charge in [-0.3, -0.25) is 0 Å². The van der Waals surface area contributed by atoms with Gasteiger partial charge in [-0.1, -0.05) is 0 Å². The van der Waals surface area contributed by atoms with Crippen molar-refractivity contribution in [3.8, 4) is 6.07 Å². The molecule has 3 saturated carbocycles. The Morgan fingerprint density at radius 1 is 1.50 bits per heavy atom. The molecule has 0 heterocycles. The molecular weight excluding hydrogens is 98.1 g/mol. The van der Waals surface area contributed by atoms with Crippen LogP contribution in [0.1, 0.15) is 25.7 Å². The van der Waals surface area contributed by atoms with Crippen LogP contribution in [0.4, 0.5) is 0 Å². The zero-order chi connectivity index (χ0) is 5.61. The Bertz CT molecular complexity index is 143. The monoisotopic (exact) mass is 106 g/mol. The van der Waals surface area contributed by atoms with Crippen LogP contribution in [-0.2, 0) is 0 Å². The van der Waals surface area contributed by atoms with Gasteiger partial charge in [-0.15, -0.1) is 0 Å². The van der Waals surface area contributed by atoms with Gasteiger partial charge in [-0.05, 0) is 31.6 Å². The Hall–Kier alpha value is -0.510. The lowest BCUT2D eigenvalue weighted by Crippen LogP contribution is -2.23. The first-order valence-electron chi connectivity index (χ1n) is 3.09. The summed E-state index contributed by atoms with van der Waals surface area (Å²) in [6, 6.07) is 2.39. The minimum Gasteiger partial charge on any atom is -0.198 e. The van der Waals surface area contributed by atoms with Crippen molar-refractivity contribution >= 4 is 0 Å². The fourth-order valence-corrected chi connectivity index (χ4v) is 1.81. The van der Waals surface area contributed by atoms with Crippen LogP contribution in [0.3, 0.4) is 0 Å². The maximum absolute atomic E-state index is 8.60. The SMILES string of the molecule is N#CC12CC[C](C1)C2. The zero-order valence-electron chi connectivity index (χ0n) is 4.78. The predicted octanol–water partition coefficient (Wildman–Crippen LogP) is 1.66. The Morgan fingerprint density at radius 3 is 2.50 bits per heavy atom. The summed E-state index contributed by atoms with van der Waals surface area (Å²) in [6.07, 6.45) is 4.65. The molecule has 0 aromatic rings. The summed E-state index contributed by atoms with van der Waals surface area (Å²) in [5.74, 6) is 1.63. The maximum Gasteiger partial charge on any atom is 0.0690 e. The van der Waals surface area contributed by atoms with E-state index in [4.69, 9.17) is 5.26 Å². The lowest BCUT2D eigenvalue weighted by atomic mass is 9.71. The average Bonchev–Trinajstić information content (AvgIpc) is 2.17. The van der Waals surface area contributed by atoms with Crippen LogP contribution in [0.2, 0.25) is 0 Å². The third kappa shape index (κ3) is 0.324. The molecule has 3 aliphatic rings. The number of nitriles is 1. The second-order valence-corrected chi connectivity index (χ2v) is 3.00. The Balaban J connectivity index is 2.23. The first-order valence-corrected chi connectivity index (χ1v) is 3.09. The van der Waals surface area contributed by atoms with Gasteiger partial charge in [-0.25, -0.2) is 0 Å². The standard InChI is InChI=1S/C7H8N/c8-5-7-2-1-6(3-7)4-7/h1-4H2. The quantitative estimate of drug-likeness (QED) is 0.460. The molecule has 3 fully saturated rings. The van der Waals surface area contributed by atoms with Crippen LogP contribution in [0.5, 0.6) is 0 Å². The Kier molecular flexibility index (Phi) is 0.588. The molecule has 3 aliphatic carbocycles. The highest BCUT2D eigenvalue weighted by Gasteiger charge is 2.50. The van der Waals surface area contributed by atoms with Crippen LogP contribution in [0.15, 0.2) is 0 Å². The maximum atomic E-state index is 8.60. The van der Waals surface area contributed by atoms with Gasteiger partial charge in [0.05, 0.1) is 11.5 Å². The summed E-state index contributed by atoms with van der Waals surface area (Å²) in [7, 11) is 0. The highest BCUT2D eigenvalue weighted by Crippen LogP contribution is 2.59. The van der Waals surface area contributed by atoms with E-state index in [1.54, 1.807) is 5.92 Å². The molecule has 1 nitrogen and oxygen atoms in total. The van der Waals surface area contributed by atoms with E-state index >= 15 is 0 Å². The summed E-state index contributed by atoms with van der Waals surface area (Å²) in [4.78, 5) is 0.